The van der Waals surface area contributed by atoms with Gasteiger partial charge in [-0.15, -0.1) is 0 Å². The molecule has 2 aliphatic rings. The Hall–Kier alpha value is -2.22. The summed E-state index contributed by atoms with van der Waals surface area (Å²) in [5.74, 6) is -1.83. The number of likely N-dealkylation sites (tertiary alicyclic amines) is 1. The number of carbonyl (C=O) groups is 4. The minimum Gasteiger partial charge on any atom is -0.335 e. The van der Waals surface area contributed by atoms with Crippen molar-refractivity contribution < 1.29 is 19.2 Å². The van der Waals surface area contributed by atoms with E-state index < -0.39 is 5.91 Å². The summed E-state index contributed by atoms with van der Waals surface area (Å²) in [5.41, 5.74) is 0.609. The second kappa shape index (κ2) is 8.21. The molecule has 2 fully saturated rings. The summed E-state index contributed by atoms with van der Waals surface area (Å²) in [6, 6.07) is 7.16. The number of anilines is 1. The number of halogens is 1. The molecule has 0 spiro atoms. The van der Waals surface area contributed by atoms with Crippen LogP contribution in [0.2, 0.25) is 0 Å². The molecule has 7 nitrogen and oxygen atoms in total. The molecule has 1 aromatic carbocycles. The summed E-state index contributed by atoms with van der Waals surface area (Å²) in [6.45, 7) is -0.466. The van der Waals surface area contributed by atoms with Gasteiger partial charge < -0.3 is 10.2 Å². The molecular weight excluding hydrogens is 414 g/mol. The lowest BCUT2D eigenvalue weighted by molar-refractivity contribution is -0.146. The number of benzene rings is 1. The van der Waals surface area contributed by atoms with Crippen molar-refractivity contribution in [1.29, 1.82) is 0 Å². The van der Waals surface area contributed by atoms with Crippen LogP contribution in [0.25, 0.3) is 0 Å². The average molecular weight is 436 g/mol. The summed E-state index contributed by atoms with van der Waals surface area (Å²) in [5, 5.41) is 2.72. The van der Waals surface area contributed by atoms with Crippen LogP contribution in [0.4, 0.5) is 5.69 Å². The topological polar surface area (TPSA) is 86.8 Å². The molecule has 1 aromatic rings. The van der Waals surface area contributed by atoms with Crippen LogP contribution < -0.4 is 5.32 Å². The molecule has 144 valence electrons. The maximum atomic E-state index is 12.5. The number of hydrogen-bond donors (Lipinski definition) is 1. The van der Waals surface area contributed by atoms with Gasteiger partial charge in [0.05, 0.1) is 24.1 Å². The third-order valence-corrected chi connectivity index (χ3v) is 5.87. The smallest absolute Gasteiger partial charge is 0.244 e. The zero-order valence-electron chi connectivity index (χ0n) is 15.1. The van der Waals surface area contributed by atoms with Crippen molar-refractivity contribution in [3.63, 3.8) is 0 Å². The van der Waals surface area contributed by atoms with Crippen molar-refractivity contribution in [2.45, 2.75) is 25.7 Å². The second-order valence-corrected chi connectivity index (χ2v) is 7.89. The Morgan fingerprint density at radius 2 is 1.74 bits per heavy atom. The highest BCUT2D eigenvalue weighted by molar-refractivity contribution is 9.10. The number of rotatable bonds is 5. The van der Waals surface area contributed by atoms with Crippen LogP contribution in [0.1, 0.15) is 25.7 Å². The zero-order valence-corrected chi connectivity index (χ0v) is 16.7. The standard InChI is InChI=1S/C19H22BrN3O4/c1-22(10-16(24)21-15-9-5-4-8-14(15)20)17(25)11-23-18(26)12-6-2-3-7-13(12)19(23)27/h4-5,8-9,12-13H,2-3,6-7,10-11H2,1H3,(H,21,24). The molecule has 2 unspecified atom stereocenters. The fourth-order valence-corrected chi connectivity index (χ4v) is 4.08. The van der Waals surface area contributed by atoms with E-state index in [-0.39, 0.29) is 42.6 Å². The van der Waals surface area contributed by atoms with E-state index in [1.165, 1.54) is 11.9 Å². The molecule has 1 aliphatic carbocycles. The first-order valence-corrected chi connectivity index (χ1v) is 9.81. The average Bonchev–Trinajstić information content (AvgIpc) is 2.89. The third-order valence-electron chi connectivity index (χ3n) is 5.18. The van der Waals surface area contributed by atoms with Crippen LogP contribution in [0, 0.1) is 11.8 Å². The molecule has 1 aliphatic heterocycles. The van der Waals surface area contributed by atoms with Crippen LogP contribution in [0.5, 0.6) is 0 Å². The predicted octanol–water partition coefficient (Wildman–Crippen LogP) is 2.02. The van der Waals surface area contributed by atoms with Crippen molar-refractivity contribution in [2.75, 3.05) is 25.5 Å². The highest BCUT2D eigenvalue weighted by atomic mass is 79.9. The van der Waals surface area contributed by atoms with Gasteiger partial charge in [-0.05, 0) is 40.9 Å². The van der Waals surface area contributed by atoms with Crippen molar-refractivity contribution in [3.05, 3.63) is 28.7 Å². The fraction of sp³-hybridized carbons (Fsp3) is 0.474. The van der Waals surface area contributed by atoms with E-state index in [1.54, 1.807) is 18.2 Å². The molecule has 0 bridgehead atoms. The van der Waals surface area contributed by atoms with Gasteiger partial charge >= 0.3 is 0 Å². The van der Waals surface area contributed by atoms with Crippen molar-refractivity contribution in [1.82, 2.24) is 9.80 Å². The van der Waals surface area contributed by atoms with E-state index >= 15 is 0 Å². The van der Waals surface area contributed by atoms with E-state index in [0.717, 1.165) is 22.2 Å². The highest BCUT2D eigenvalue weighted by Gasteiger charge is 2.48. The number of imide groups is 1. The molecule has 0 radical (unpaired) electrons. The Balaban J connectivity index is 1.56. The number of nitrogens with one attached hydrogen (secondary N) is 1. The van der Waals surface area contributed by atoms with Gasteiger partial charge in [-0.2, -0.15) is 0 Å². The lowest BCUT2D eigenvalue weighted by Crippen LogP contribution is -2.44. The van der Waals surface area contributed by atoms with Gasteiger partial charge in [0, 0.05) is 11.5 Å². The molecular formula is C19H22BrN3O4. The molecule has 8 heteroatoms. The molecule has 2 atom stereocenters. The highest BCUT2D eigenvalue weighted by Crippen LogP contribution is 2.37. The van der Waals surface area contributed by atoms with E-state index in [2.05, 4.69) is 21.2 Å². The molecule has 27 heavy (non-hydrogen) atoms. The SMILES string of the molecule is CN(CC(=O)Nc1ccccc1Br)C(=O)CN1C(=O)C2CCCCC2C1=O. The predicted molar refractivity (Wildman–Crippen MR) is 103 cm³/mol. The number of carbonyl (C=O) groups excluding carboxylic acids is 4. The maximum Gasteiger partial charge on any atom is 0.244 e. The zero-order chi connectivity index (χ0) is 19.6. The lowest BCUT2D eigenvalue weighted by Gasteiger charge is -2.20. The van der Waals surface area contributed by atoms with E-state index in [0.29, 0.717) is 18.5 Å². The number of fused-ring (bicyclic) bond motifs is 1. The Bertz CT molecular complexity index is 758. The molecule has 1 N–H and O–H groups in total. The molecule has 3 rings (SSSR count). The van der Waals surface area contributed by atoms with Crippen molar-refractivity contribution in [2.24, 2.45) is 11.8 Å². The Kier molecular flexibility index (Phi) is 5.94. The van der Waals surface area contributed by atoms with Gasteiger partial charge in [-0.3, -0.25) is 24.1 Å². The normalized spacial score (nSPS) is 21.8. The van der Waals surface area contributed by atoms with Crippen LogP contribution in [0.15, 0.2) is 28.7 Å². The summed E-state index contributed by atoms with van der Waals surface area (Å²) in [6.07, 6.45) is 3.31. The molecule has 0 aromatic heterocycles. The summed E-state index contributed by atoms with van der Waals surface area (Å²) < 4.78 is 0.739. The summed E-state index contributed by atoms with van der Waals surface area (Å²) >= 11 is 3.34. The van der Waals surface area contributed by atoms with Gasteiger partial charge in [-0.25, -0.2) is 0 Å². The van der Waals surface area contributed by atoms with Crippen LogP contribution in [0.3, 0.4) is 0 Å². The first-order chi connectivity index (χ1) is 12.9. The number of nitrogens with zero attached hydrogens (tertiary/aromatic N) is 2. The number of likely N-dealkylation sites (N-methyl/N-ethyl adjacent to an activating group) is 1. The van der Waals surface area contributed by atoms with E-state index in [1.807, 2.05) is 6.07 Å². The summed E-state index contributed by atoms with van der Waals surface area (Å²) in [4.78, 5) is 51.8. The number of hydrogen-bond acceptors (Lipinski definition) is 4. The van der Waals surface area contributed by atoms with Crippen molar-refractivity contribution >= 4 is 45.2 Å². The first-order valence-electron chi connectivity index (χ1n) is 9.02. The Morgan fingerprint density at radius 1 is 1.15 bits per heavy atom. The van der Waals surface area contributed by atoms with Gasteiger partial charge in [-0.1, -0.05) is 25.0 Å². The first kappa shape index (κ1) is 19.5. The Labute approximate surface area is 166 Å². The van der Waals surface area contributed by atoms with Gasteiger partial charge in [0.15, 0.2) is 0 Å². The van der Waals surface area contributed by atoms with Gasteiger partial charge in [0.2, 0.25) is 23.6 Å². The monoisotopic (exact) mass is 435 g/mol. The molecule has 1 saturated heterocycles. The fourth-order valence-electron chi connectivity index (χ4n) is 3.70. The van der Waals surface area contributed by atoms with Gasteiger partial charge in [0.25, 0.3) is 0 Å². The maximum absolute atomic E-state index is 12.5. The van der Waals surface area contributed by atoms with Crippen LogP contribution >= 0.6 is 15.9 Å². The lowest BCUT2D eigenvalue weighted by atomic mass is 9.81. The molecule has 1 saturated carbocycles. The number of para-hydroxylation sites is 1. The quantitative estimate of drug-likeness (QED) is 0.716. The van der Waals surface area contributed by atoms with Crippen LogP contribution in [-0.2, 0) is 19.2 Å². The van der Waals surface area contributed by atoms with Crippen LogP contribution in [-0.4, -0.2) is 53.6 Å². The minimum atomic E-state index is -0.433. The largest absolute Gasteiger partial charge is 0.335 e. The Morgan fingerprint density at radius 3 is 2.33 bits per heavy atom. The number of amides is 4. The minimum absolute atomic E-state index is 0.163. The van der Waals surface area contributed by atoms with E-state index in [9.17, 15) is 19.2 Å². The summed E-state index contributed by atoms with van der Waals surface area (Å²) in [7, 11) is 1.49. The van der Waals surface area contributed by atoms with Gasteiger partial charge in [0.1, 0.15) is 6.54 Å². The molecule has 1 heterocycles. The van der Waals surface area contributed by atoms with E-state index in [4.69, 9.17) is 0 Å². The second-order valence-electron chi connectivity index (χ2n) is 7.04. The van der Waals surface area contributed by atoms with Crippen molar-refractivity contribution in [3.8, 4) is 0 Å². The molecule has 4 amide bonds. The third kappa shape index (κ3) is 4.21.